The van der Waals surface area contributed by atoms with Crippen molar-refractivity contribution in [2.75, 3.05) is 0 Å². The van der Waals surface area contributed by atoms with Crippen molar-refractivity contribution < 1.29 is 0 Å². The lowest BCUT2D eigenvalue weighted by Crippen LogP contribution is -1.83. The van der Waals surface area contributed by atoms with Gasteiger partial charge in [0.15, 0.2) is 0 Å². The van der Waals surface area contributed by atoms with Crippen molar-refractivity contribution in [2.24, 2.45) is 0 Å². The van der Waals surface area contributed by atoms with Gasteiger partial charge in [-0.2, -0.15) is 0 Å². The minimum atomic E-state index is 0.623. The molecule has 2 rings (SSSR count). The first-order chi connectivity index (χ1) is 6.77. The maximum atomic E-state index is 5.85. The zero-order valence-electron chi connectivity index (χ0n) is 7.11. The summed E-state index contributed by atoms with van der Waals surface area (Å²) in [6.45, 7) is 0. The molecule has 70 valence electrons. The third-order valence-corrected chi connectivity index (χ3v) is 2.61. The SMILES string of the molecule is Clc1cncc(-c2cccnc2Br)c1. The molecule has 0 unspecified atom stereocenters. The molecule has 0 aliphatic rings. The molecule has 4 heteroatoms. The molecule has 0 radical (unpaired) electrons. The number of rotatable bonds is 1. The van der Waals surface area contributed by atoms with E-state index in [1.165, 1.54) is 0 Å². The molecule has 0 spiro atoms. The van der Waals surface area contributed by atoms with Gasteiger partial charge in [-0.15, -0.1) is 0 Å². The van der Waals surface area contributed by atoms with Crippen molar-refractivity contribution in [1.82, 2.24) is 9.97 Å². The predicted molar refractivity (Wildman–Crippen MR) is 60.2 cm³/mol. The van der Waals surface area contributed by atoms with E-state index in [0.717, 1.165) is 15.7 Å². The van der Waals surface area contributed by atoms with Gasteiger partial charge in [0, 0.05) is 29.7 Å². The highest BCUT2D eigenvalue weighted by Crippen LogP contribution is 2.26. The molecular formula is C10H6BrClN2. The zero-order chi connectivity index (χ0) is 9.97. The summed E-state index contributed by atoms with van der Waals surface area (Å²) in [5.41, 5.74) is 1.94. The average molecular weight is 270 g/mol. The van der Waals surface area contributed by atoms with Gasteiger partial charge in [0.2, 0.25) is 0 Å². The van der Waals surface area contributed by atoms with E-state index in [1.807, 2.05) is 18.2 Å². The summed E-state index contributed by atoms with van der Waals surface area (Å²) in [4.78, 5) is 8.15. The average Bonchev–Trinajstić information content (AvgIpc) is 2.18. The molecule has 2 aromatic heterocycles. The quantitative estimate of drug-likeness (QED) is 0.740. The van der Waals surface area contributed by atoms with Crippen molar-refractivity contribution in [3.63, 3.8) is 0 Å². The molecule has 0 saturated carbocycles. The molecule has 2 heterocycles. The Morgan fingerprint density at radius 1 is 1.29 bits per heavy atom. The van der Waals surface area contributed by atoms with Crippen LogP contribution in [0.1, 0.15) is 0 Å². The first-order valence-corrected chi connectivity index (χ1v) is 5.16. The molecular weight excluding hydrogens is 263 g/mol. The molecule has 0 atom stereocenters. The van der Waals surface area contributed by atoms with E-state index < -0.39 is 0 Å². The maximum absolute atomic E-state index is 5.85. The van der Waals surface area contributed by atoms with Crippen molar-refractivity contribution in [3.8, 4) is 11.1 Å². The summed E-state index contributed by atoms with van der Waals surface area (Å²) < 4.78 is 0.795. The van der Waals surface area contributed by atoms with Crippen LogP contribution in [0.2, 0.25) is 5.02 Å². The Bertz CT molecular complexity index is 459. The summed E-state index contributed by atoms with van der Waals surface area (Å²) in [6, 6.07) is 5.70. The van der Waals surface area contributed by atoms with Gasteiger partial charge in [-0.05, 0) is 28.1 Å². The molecule has 0 fully saturated rings. The van der Waals surface area contributed by atoms with E-state index in [0.29, 0.717) is 5.02 Å². The topological polar surface area (TPSA) is 25.8 Å². The fourth-order valence-corrected chi connectivity index (χ4v) is 1.81. The summed E-state index contributed by atoms with van der Waals surface area (Å²) in [6.07, 6.45) is 5.09. The fraction of sp³-hybridized carbons (Fsp3) is 0. The molecule has 0 bridgehead atoms. The number of halogens is 2. The van der Waals surface area contributed by atoms with Gasteiger partial charge in [-0.1, -0.05) is 17.7 Å². The van der Waals surface area contributed by atoms with Crippen LogP contribution >= 0.6 is 27.5 Å². The van der Waals surface area contributed by atoms with Crippen LogP contribution in [0.5, 0.6) is 0 Å². The molecule has 0 aliphatic carbocycles. The number of pyridine rings is 2. The number of aromatic nitrogens is 2. The Morgan fingerprint density at radius 3 is 2.86 bits per heavy atom. The predicted octanol–water partition coefficient (Wildman–Crippen LogP) is 3.56. The smallest absolute Gasteiger partial charge is 0.113 e. The van der Waals surface area contributed by atoms with Crippen LogP contribution in [0.25, 0.3) is 11.1 Å². The van der Waals surface area contributed by atoms with Crippen molar-refractivity contribution >= 4 is 27.5 Å². The highest BCUT2D eigenvalue weighted by atomic mass is 79.9. The van der Waals surface area contributed by atoms with Gasteiger partial charge < -0.3 is 0 Å². The van der Waals surface area contributed by atoms with Crippen LogP contribution in [0, 0.1) is 0 Å². The zero-order valence-corrected chi connectivity index (χ0v) is 9.46. The molecule has 2 nitrogen and oxygen atoms in total. The van der Waals surface area contributed by atoms with E-state index in [9.17, 15) is 0 Å². The van der Waals surface area contributed by atoms with Gasteiger partial charge in [0.25, 0.3) is 0 Å². The minimum absolute atomic E-state index is 0.623. The molecule has 14 heavy (non-hydrogen) atoms. The third kappa shape index (κ3) is 1.94. The molecule has 0 N–H and O–H groups in total. The normalized spacial score (nSPS) is 10.1. The Balaban J connectivity index is 2.55. The van der Waals surface area contributed by atoms with Crippen LogP contribution in [-0.2, 0) is 0 Å². The summed E-state index contributed by atoms with van der Waals surface area (Å²) in [5, 5.41) is 0.623. The second-order valence-electron chi connectivity index (χ2n) is 2.73. The lowest BCUT2D eigenvalue weighted by atomic mass is 10.1. The second-order valence-corrected chi connectivity index (χ2v) is 3.92. The van der Waals surface area contributed by atoms with Crippen LogP contribution in [-0.4, -0.2) is 9.97 Å². The standard InChI is InChI=1S/C10H6BrClN2/c11-10-9(2-1-3-14-10)7-4-8(12)6-13-5-7/h1-6H. The van der Waals surface area contributed by atoms with Crippen molar-refractivity contribution in [3.05, 3.63) is 46.4 Å². The van der Waals surface area contributed by atoms with Crippen molar-refractivity contribution in [1.29, 1.82) is 0 Å². The van der Waals surface area contributed by atoms with Gasteiger partial charge >= 0.3 is 0 Å². The monoisotopic (exact) mass is 268 g/mol. The maximum Gasteiger partial charge on any atom is 0.113 e. The fourth-order valence-electron chi connectivity index (χ4n) is 1.16. The van der Waals surface area contributed by atoms with Crippen LogP contribution in [0.4, 0.5) is 0 Å². The second kappa shape index (κ2) is 4.07. The van der Waals surface area contributed by atoms with E-state index in [1.54, 1.807) is 18.6 Å². The highest BCUT2D eigenvalue weighted by Gasteiger charge is 2.03. The Kier molecular flexibility index (Phi) is 2.79. The van der Waals surface area contributed by atoms with E-state index in [4.69, 9.17) is 11.6 Å². The lowest BCUT2D eigenvalue weighted by molar-refractivity contribution is 1.26. The lowest BCUT2D eigenvalue weighted by Gasteiger charge is -2.02. The molecule has 0 saturated heterocycles. The Hall–Kier alpha value is -0.930. The van der Waals surface area contributed by atoms with E-state index >= 15 is 0 Å². The van der Waals surface area contributed by atoms with Crippen LogP contribution in [0.3, 0.4) is 0 Å². The summed E-state index contributed by atoms with van der Waals surface area (Å²) in [7, 11) is 0. The first-order valence-electron chi connectivity index (χ1n) is 3.99. The molecule has 0 aliphatic heterocycles. The number of nitrogens with zero attached hydrogens (tertiary/aromatic N) is 2. The van der Waals surface area contributed by atoms with E-state index in [-0.39, 0.29) is 0 Å². The summed E-state index contributed by atoms with van der Waals surface area (Å²) >= 11 is 9.22. The van der Waals surface area contributed by atoms with Gasteiger partial charge in [-0.25, -0.2) is 4.98 Å². The van der Waals surface area contributed by atoms with Gasteiger partial charge in [0.1, 0.15) is 4.60 Å². The Labute approximate surface area is 95.1 Å². The molecule has 2 aromatic rings. The minimum Gasteiger partial charge on any atom is -0.263 e. The highest BCUT2D eigenvalue weighted by molar-refractivity contribution is 9.10. The number of hydrogen-bond acceptors (Lipinski definition) is 2. The third-order valence-electron chi connectivity index (χ3n) is 1.77. The van der Waals surface area contributed by atoms with E-state index in [2.05, 4.69) is 25.9 Å². The van der Waals surface area contributed by atoms with Gasteiger partial charge in [-0.3, -0.25) is 4.98 Å². The van der Waals surface area contributed by atoms with Crippen LogP contribution in [0.15, 0.2) is 41.4 Å². The Morgan fingerprint density at radius 2 is 2.14 bits per heavy atom. The molecule has 0 amide bonds. The molecule has 0 aromatic carbocycles. The largest absolute Gasteiger partial charge is 0.263 e. The number of hydrogen-bond donors (Lipinski definition) is 0. The van der Waals surface area contributed by atoms with Crippen molar-refractivity contribution in [2.45, 2.75) is 0 Å². The summed E-state index contributed by atoms with van der Waals surface area (Å²) in [5.74, 6) is 0. The first kappa shape index (κ1) is 9.62. The van der Waals surface area contributed by atoms with Gasteiger partial charge in [0.05, 0.1) is 5.02 Å². The van der Waals surface area contributed by atoms with Crippen LogP contribution < -0.4 is 0 Å².